The Balaban J connectivity index is 1.78. The van der Waals surface area contributed by atoms with Gasteiger partial charge in [0.15, 0.2) is 0 Å². The summed E-state index contributed by atoms with van der Waals surface area (Å²) in [5, 5.41) is 9.23. The summed E-state index contributed by atoms with van der Waals surface area (Å²) in [5.41, 5.74) is 4.18. The van der Waals surface area contributed by atoms with Crippen LogP contribution in [0.1, 0.15) is 16.7 Å². The zero-order chi connectivity index (χ0) is 19.2. The molecule has 140 valence electrons. The number of methoxy groups -OCH3 is 1. The molecule has 1 amide bonds. The van der Waals surface area contributed by atoms with E-state index in [0.29, 0.717) is 5.56 Å². The molecule has 0 aliphatic carbocycles. The molecule has 1 heterocycles. The molecule has 1 atom stereocenters. The van der Waals surface area contributed by atoms with Gasteiger partial charge in [-0.05, 0) is 35.7 Å². The minimum atomic E-state index is -0.406. The molecular weight excluding hydrogens is 360 g/mol. The van der Waals surface area contributed by atoms with Crippen LogP contribution in [0.3, 0.4) is 0 Å². The molecule has 2 aromatic carbocycles. The van der Waals surface area contributed by atoms with Gasteiger partial charge in [-0.2, -0.15) is 5.26 Å². The van der Waals surface area contributed by atoms with Crippen LogP contribution in [0.25, 0.3) is 0 Å². The molecule has 27 heavy (non-hydrogen) atoms. The maximum Gasteiger partial charge on any atom is 0.420 e. The van der Waals surface area contributed by atoms with E-state index >= 15 is 0 Å². The summed E-state index contributed by atoms with van der Waals surface area (Å²) in [5.74, 6) is 0. The standard InChI is InChI=1S/C20H22N4O2S/c1-23(20(25)26-2)27-22-18-11-17-10-16(12-21)8-9-19(17)24(14-18)13-15-6-4-3-5-7-15/h3-10,18,22H,11,13-14H2,1-2H3. The number of fused-ring (bicyclic) bond motifs is 1. The number of nitriles is 1. The van der Waals surface area contributed by atoms with Crippen molar-refractivity contribution >= 4 is 23.9 Å². The van der Waals surface area contributed by atoms with Crippen molar-refractivity contribution in [3.63, 3.8) is 0 Å². The molecule has 0 aromatic heterocycles. The average molecular weight is 382 g/mol. The SMILES string of the molecule is COC(=O)N(C)SNC1Cc2cc(C#N)ccc2N(Cc2ccccc2)C1. The van der Waals surface area contributed by atoms with Crippen molar-refractivity contribution in [3.8, 4) is 6.07 Å². The minimum Gasteiger partial charge on any atom is -0.452 e. The first-order valence-electron chi connectivity index (χ1n) is 8.66. The summed E-state index contributed by atoms with van der Waals surface area (Å²) in [7, 11) is 3.02. The van der Waals surface area contributed by atoms with Crippen molar-refractivity contribution in [2.24, 2.45) is 0 Å². The Hall–Kier alpha value is -2.69. The summed E-state index contributed by atoms with van der Waals surface area (Å²) < 4.78 is 9.49. The van der Waals surface area contributed by atoms with E-state index < -0.39 is 6.09 Å². The van der Waals surface area contributed by atoms with Gasteiger partial charge < -0.3 is 9.64 Å². The fraction of sp³-hybridized carbons (Fsp3) is 0.300. The molecule has 0 radical (unpaired) electrons. The average Bonchev–Trinajstić information content (AvgIpc) is 2.71. The third-order valence-electron chi connectivity index (χ3n) is 4.46. The lowest BCUT2D eigenvalue weighted by molar-refractivity contribution is 0.157. The van der Waals surface area contributed by atoms with E-state index in [2.05, 4.69) is 27.8 Å². The van der Waals surface area contributed by atoms with Gasteiger partial charge in [0.25, 0.3) is 0 Å². The number of anilines is 1. The van der Waals surface area contributed by atoms with E-state index in [0.717, 1.165) is 30.8 Å². The van der Waals surface area contributed by atoms with Gasteiger partial charge in [-0.3, -0.25) is 0 Å². The summed E-state index contributed by atoms with van der Waals surface area (Å²) in [6.07, 6.45) is 0.384. The third kappa shape index (κ3) is 4.73. The van der Waals surface area contributed by atoms with Crippen molar-refractivity contribution in [1.29, 1.82) is 5.26 Å². The Morgan fingerprint density at radius 2 is 2.15 bits per heavy atom. The number of nitrogens with one attached hydrogen (secondary N) is 1. The van der Waals surface area contributed by atoms with Crippen molar-refractivity contribution in [2.75, 3.05) is 25.6 Å². The van der Waals surface area contributed by atoms with Crippen LogP contribution in [0, 0.1) is 11.3 Å². The fourth-order valence-corrected chi connectivity index (χ4v) is 3.79. The lowest BCUT2D eigenvalue weighted by atomic mass is 9.96. The number of benzene rings is 2. The van der Waals surface area contributed by atoms with Crippen molar-refractivity contribution in [3.05, 3.63) is 65.2 Å². The molecule has 1 aliphatic heterocycles. The number of ether oxygens (including phenoxy) is 1. The number of hydrogen-bond donors (Lipinski definition) is 1. The highest BCUT2D eigenvalue weighted by molar-refractivity contribution is 7.95. The predicted octanol–water partition coefficient (Wildman–Crippen LogP) is 3.34. The van der Waals surface area contributed by atoms with E-state index in [1.165, 1.54) is 29.1 Å². The zero-order valence-electron chi connectivity index (χ0n) is 15.4. The van der Waals surface area contributed by atoms with E-state index in [1.807, 2.05) is 36.4 Å². The number of rotatable bonds is 5. The van der Waals surface area contributed by atoms with Gasteiger partial charge in [0.1, 0.15) is 0 Å². The van der Waals surface area contributed by atoms with Gasteiger partial charge in [0.05, 0.1) is 18.7 Å². The fourth-order valence-electron chi connectivity index (χ4n) is 3.17. The second-order valence-corrected chi connectivity index (χ2v) is 7.37. The van der Waals surface area contributed by atoms with Crippen LogP contribution >= 0.6 is 12.1 Å². The lowest BCUT2D eigenvalue weighted by Gasteiger charge is -2.37. The molecular formula is C20H22N4O2S. The molecule has 1 aliphatic rings. The number of hydrogen-bond acceptors (Lipinski definition) is 6. The van der Waals surface area contributed by atoms with Gasteiger partial charge in [0, 0.05) is 44.0 Å². The Kier molecular flexibility index (Phi) is 6.22. The first kappa shape index (κ1) is 19.1. The summed E-state index contributed by atoms with van der Waals surface area (Å²) in [6.45, 7) is 1.59. The van der Waals surface area contributed by atoms with Crippen molar-refractivity contribution < 1.29 is 9.53 Å². The van der Waals surface area contributed by atoms with Crippen LogP contribution in [0.4, 0.5) is 10.5 Å². The first-order valence-corrected chi connectivity index (χ1v) is 9.44. The van der Waals surface area contributed by atoms with E-state index in [1.54, 1.807) is 7.05 Å². The van der Waals surface area contributed by atoms with Crippen LogP contribution in [-0.2, 0) is 17.7 Å². The van der Waals surface area contributed by atoms with Gasteiger partial charge in [-0.1, -0.05) is 30.3 Å². The highest BCUT2D eigenvalue weighted by atomic mass is 32.2. The van der Waals surface area contributed by atoms with E-state index in [9.17, 15) is 10.1 Å². The maximum absolute atomic E-state index is 11.6. The smallest absolute Gasteiger partial charge is 0.420 e. The summed E-state index contributed by atoms with van der Waals surface area (Å²) in [6, 6.07) is 18.5. The first-order chi connectivity index (χ1) is 13.1. The quantitative estimate of drug-likeness (QED) is 0.800. The molecule has 0 spiro atoms. The predicted molar refractivity (Wildman–Crippen MR) is 107 cm³/mol. The largest absolute Gasteiger partial charge is 0.452 e. The molecule has 0 saturated carbocycles. The molecule has 2 aromatic rings. The van der Waals surface area contributed by atoms with E-state index in [-0.39, 0.29) is 6.04 Å². The van der Waals surface area contributed by atoms with Crippen LogP contribution in [0.5, 0.6) is 0 Å². The molecule has 0 bridgehead atoms. The molecule has 1 N–H and O–H groups in total. The molecule has 0 fully saturated rings. The van der Waals surface area contributed by atoms with Gasteiger partial charge in [0.2, 0.25) is 0 Å². The highest BCUT2D eigenvalue weighted by Gasteiger charge is 2.25. The molecule has 0 saturated heterocycles. The van der Waals surface area contributed by atoms with Crippen LogP contribution in [-0.4, -0.2) is 37.1 Å². The number of amides is 1. The summed E-state index contributed by atoms with van der Waals surface area (Å²) in [4.78, 5) is 13.9. The Bertz CT molecular complexity index is 838. The van der Waals surface area contributed by atoms with Crippen molar-refractivity contribution in [2.45, 2.75) is 19.0 Å². The van der Waals surface area contributed by atoms with Crippen LogP contribution in [0.2, 0.25) is 0 Å². The second kappa shape index (κ2) is 8.80. The zero-order valence-corrected chi connectivity index (χ0v) is 16.2. The van der Waals surface area contributed by atoms with Gasteiger partial charge in [-0.25, -0.2) is 13.8 Å². The molecule has 7 heteroatoms. The van der Waals surface area contributed by atoms with Gasteiger partial charge >= 0.3 is 6.09 Å². The maximum atomic E-state index is 11.6. The van der Waals surface area contributed by atoms with E-state index in [4.69, 9.17) is 4.74 Å². The minimum absolute atomic E-state index is 0.132. The third-order valence-corrected chi connectivity index (χ3v) is 5.32. The highest BCUT2D eigenvalue weighted by Crippen LogP contribution is 2.30. The molecule has 1 unspecified atom stereocenters. The lowest BCUT2D eigenvalue weighted by Crippen LogP contribution is -2.45. The Morgan fingerprint density at radius 1 is 1.37 bits per heavy atom. The normalized spacial score (nSPS) is 15.6. The summed E-state index contributed by atoms with van der Waals surface area (Å²) >= 11 is 1.23. The molecule has 6 nitrogen and oxygen atoms in total. The number of carbonyl (C=O) groups is 1. The second-order valence-electron chi connectivity index (χ2n) is 6.40. The monoisotopic (exact) mass is 382 g/mol. The van der Waals surface area contributed by atoms with Crippen molar-refractivity contribution in [1.82, 2.24) is 9.03 Å². The van der Waals surface area contributed by atoms with Crippen LogP contribution in [0.15, 0.2) is 48.5 Å². The Morgan fingerprint density at radius 3 is 2.85 bits per heavy atom. The number of carbonyl (C=O) groups excluding carboxylic acids is 1. The number of nitrogens with zero attached hydrogens (tertiary/aromatic N) is 3. The van der Waals surface area contributed by atoms with Gasteiger partial charge in [-0.15, -0.1) is 0 Å². The topological polar surface area (TPSA) is 68.6 Å². The van der Waals surface area contributed by atoms with Crippen LogP contribution < -0.4 is 9.62 Å². The Labute approximate surface area is 164 Å². The molecule has 3 rings (SSSR count).